The van der Waals surface area contributed by atoms with E-state index >= 15 is 0 Å². The Kier molecular flexibility index (Phi) is 5.15. The number of ketones is 1. The van der Waals surface area contributed by atoms with Gasteiger partial charge >= 0.3 is 0 Å². The number of methoxy groups -OCH3 is 1. The van der Waals surface area contributed by atoms with Crippen molar-refractivity contribution in [3.05, 3.63) is 29.8 Å². The lowest BCUT2D eigenvalue weighted by Gasteiger charge is -2.27. The smallest absolute Gasteiger partial charge is 0.176 e. The number of hydrogen-bond donors (Lipinski definition) is 0. The highest BCUT2D eigenvalue weighted by Crippen LogP contribution is 2.14. The Morgan fingerprint density at radius 3 is 2.65 bits per heavy atom. The van der Waals surface area contributed by atoms with Crippen molar-refractivity contribution in [2.75, 3.05) is 40.3 Å². The number of rotatable bonds is 4. The Labute approximate surface area is 121 Å². The minimum absolute atomic E-state index is 0.184. The van der Waals surface area contributed by atoms with Gasteiger partial charge in [-0.15, -0.1) is 0 Å². The molecule has 110 valence electrons. The van der Waals surface area contributed by atoms with Gasteiger partial charge in [0.15, 0.2) is 5.78 Å². The number of likely N-dealkylation sites (N-methyl/N-ethyl adjacent to an activating group) is 1. The summed E-state index contributed by atoms with van der Waals surface area (Å²) < 4.78 is 5.12. The van der Waals surface area contributed by atoms with Crippen LogP contribution in [0.15, 0.2) is 24.3 Å². The maximum Gasteiger partial charge on any atom is 0.176 e. The Morgan fingerprint density at radius 2 is 2.00 bits per heavy atom. The average molecular weight is 276 g/mol. The molecule has 0 amide bonds. The van der Waals surface area contributed by atoms with Gasteiger partial charge in [0, 0.05) is 24.7 Å². The van der Waals surface area contributed by atoms with Crippen molar-refractivity contribution >= 4 is 5.78 Å². The van der Waals surface area contributed by atoms with Crippen LogP contribution in [0.5, 0.6) is 5.75 Å². The van der Waals surface area contributed by atoms with Gasteiger partial charge in [0.1, 0.15) is 5.75 Å². The molecule has 0 bridgehead atoms. The molecule has 0 aliphatic carbocycles. The number of benzene rings is 1. The lowest BCUT2D eigenvalue weighted by molar-refractivity contribution is 0.0900. The van der Waals surface area contributed by atoms with Crippen LogP contribution in [0.1, 0.15) is 23.7 Å². The molecule has 1 heterocycles. The fraction of sp³-hybridized carbons (Fsp3) is 0.562. The summed E-state index contributed by atoms with van der Waals surface area (Å²) in [7, 11) is 3.78. The third kappa shape index (κ3) is 3.81. The van der Waals surface area contributed by atoms with Crippen LogP contribution < -0.4 is 4.74 Å². The molecule has 20 heavy (non-hydrogen) atoms. The molecule has 0 spiro atoms. The summed E-state index contributed by atoms with van der Waals surface area (Å²) in [6.45, 7) is 5.82. The predicted octanol–water partition coefficient (Wildman–Crippen LogP) is 1.90. The molecular formula is C16H24N2O2. The topological polar surface area (TPSA) is 32.8 Å². The van der Waals surface area contributed by atoms with Crippen LogP contribution in [-0.2, 0) is 0 Å². The molecule has 1 aromatic rings. The summed E-state index contributed by atoms with van der Waals surface area (Å²) in [6, 6.07) is 7.79. The Morgan fingerprint density at radius 1 is 1.30 bits per heavy atom. The summed E-state index contributed by atoms with van der Waals surface area (Å²) in [5.74, 6) is 0.968. The van der Waals surface area contributed by atoms with Gasteiger partial charge in [-0.05, 0) is 51.2 Å². The molecule has 1 fully saturated rings. The third-order valence-electron chi connectivity index (χ3n) is 3.94. The van der Waals surface area contributed by atoms with Gasteiger partial charge < -0.3 is 9.64 Å². The van der Waals surface area contributed by atoms with Gasteiger partial charge in [-0.2, -0.15) is 0 Å². The van der Waals surface area contributed by atoms with Crippen molar-refractivity contribution < 1.29 is 9.53 Å². The number of carbonyl (C=O) groups excluding carboxylic acids is 1. The average Bonchev–Trinajstić information content (AvgIpc) is 2.60. The van der Waals surface area contributed by atoms with Crippen molar-refractivity contribution in [3.8, 4) is 5.75 Å². The van der Waals surface area contributed by atoms with E-state index in [1.165, 1.54) is 0 Å². The Balaban J connectivity index is 1.98. The van der Waals surface area contributed by atoms with Crippen LogP contribution in [0.4, 0.5) is 0 Å². The second-order valence-electron chi connectivity index (χ2n) is 5.59. The monoisotopic (exact) mass is 276 g/mol. The van der Waals surface area contributed by atoms with E-state index in [-0.39, 0.29) is 5.78 Å². The first kappa shape index (κ1) is 15.0. The van der Waals surface area contributed by atoms with Crippen molar-refractivity contribution in [1.29, 1.82) is 0 Å². The number of Topliss-reactive ketones (excluding diaryl/α,β-unsaturated/α-hetero) is 1. The van der Waals surface area contributed by atoms with Gasteiger partial charge in [-0.25, -0.2) is 0 Å². The van der Waals surface area contributed by atoms with Crippen LogP contribution in [0, 0.1) is 0 Å². The second-order valence-corrected chi connectivity index (χ2v) is 5.59. The van der Waals surface area contributed by atoms with Crippen molar-refractivity contribution in [1.82, 2.24) is 9.80 Å². The molecule has 4 heteroatoms. The summed E-state index contributed by atoms with van der Waals surface area (Å²) >= 11 is 0. The normalized spacial score (nSPS) is 21.4. The van der Waals surface area contributed by atoms with Gasteiger partial charge in [0.2, 0.25) is 0 Å². The molecule has 1 aromatic carbocycles. The van der Waals surface area contributed by atoms with Crippen LogP contribution in [0.2, 0.25) is 0 Å². The first-order valence-corrected chi connectivity index (χ1v) is 7.20. The Hall–Kier alpha value is -1.39. The van der Waals surface area contributed by atoms with E-state index in [1.54, 1.807) is 7.11 Å². The van der Waals surface area contributed by atoms with Crippen molar-refractivity contribution in [2.24, 2.45) is 0 Å². The highest BCUT2D eigenvalue weighted by molar-refractivity contribution is 5.97. The van der Waals surface area contributed by atoms with Crippen LogP contribution >= 0.6 is 0 Å². The van der Waals surface area contributed by atoms with Gasteiger partial charge in [0.25, 0.3) is 0 Å². The molecule has 1 aliphatic heterocycles. The molecule has 0 N–H and O–H groups in total. The zero-order valence-electron chi connectivity index (χ0n) is 12.6. The quantitative estimate of drug-likeness (QED) is 0.786. The summed E-state index contributed by atoms with van der Waals surface area (Å²) in [4.78, 5) is 17.0. The minimum Gasteiger partial charge on any atom is -0.497 e. The highest BCUT2D eigenvalue weighted by Gasteiger charge is 2.22. The number of carbonyl (C=O) groups is 1. The zero-order valence-corrected chi connectivity index (χ0v) is 12.6. The van der Waals surface area contributed by atoms with Crippen LogP contribution in [-0.4, -0.2) is 62.0 Å². The molecular weight excluding hydrogens is 252 g/mol. The maximum atomic E-state index is 12.4. The molecule has 1 atom stereocenters. The van der Waals surface area contributed by atoms with E-state index in [9.17, 15) is 4.79 Å². The van der Waals surface area contributed by atoms with E-state index in [0.29, 0.717) is 12.6 Å². The van der Waals surface area contributed by atoms with E-state index in [4.69, 9.17) is 4.74 Å². The number of hydrogen-bond acceptors (Lipinski definition) is 4. The molecule has 1 unspecified atom stereocenters. The molecule has 0 saturated carbocycles. The van der Waals surface area contributed by atoms with Gasteiger partial charge in [-0.1, -0.05) is 0 Å². The molecule has 0 radical (unpaired) electrons. The van der Waals surface area contributed by atoms with E-state index in [0.717, 1.165) is 37.4 Å². The second kappa shape index (κ2) is 6.86. The first-order chi connectivity index (χ1) is 9.60. The van der Waals surface area contributed by atoms with E-state index < -0.39 is 0 Å². The lowest BCUT2D eigenvalue weighted by Crippen LogP contribution is -2.40. The lowest BCUT2D eigenvalue weighted by atomic mass is 10.1. The standard InChI is InChI=1S/C16H24N2O2/c1-13-11-17(2)9-4-10-18(13)12-16(19)14-5-7-15(20-3)8-6-14/h5-8,13H,4,9-12H2,1-3H3. The highest BCUT2D eigenvalue weighted by atomic mass is 16.5. The molecule has 4 nitrogen and oxygen atoms in total. The largest absolute Gasteiger partial charge is 0.497 e. The summed E-state index contributed by atoms with van der Waals surface area (Å²) in [6.07, 6.45) is 1.12. The zero-order chi connectivity index (χ0) is 14.5. The maximum absolute atomic E-state index is 12.4. The molecule has 1 saturated heterocycles. The molecule has 1 aliphatic rings. The van der Waals surface area contributed by atoms with Crippen LogP contribution in [0.3, 0.4) is 0 Å². The van der Waals surface area contributed by atoms with Crippen molar-refractivity contribution in [2.45, 2.75) is 19.4 Å². The first-order valence-electron chi connectivity index (χ1n) is 7.20. The summed E-state index contributed by atoms with van der Waals surface area (Å²) in [5, 5.41) is 0. The fourth-order valence-corrected chi connectivity index (χ4v) is 2.71. The summed E-state index contributed by atoms with van der Waals surface area (Å²) in [5.41, 5.74) is 0.760. The number of ether oxygens (including phenoxy) is 1. The fourth-order valence-electron chi connectivity index (χ4n) is 2.71. The SMILES string of the molecule is COc1ccc(C(=O)CN2CCCN(C)CC2C)cc1. The third-order valence-corrected chi connectivity index (χ3v) is 3.94. The van der Waals surface area contributed by atoms with Gasteiger partial charge in [-0.3, -0.25) is 9.69 Å². The predicted molar refractivity (Wildman–Crippen MR) is 80.5 cm³/mol. The number of nitrogens with zero attached hydrogens (tertiary/aromatic N) is 2. The molecule has 2 rings (SSSR count). The van der Waals surface area contributed by atoms with E-state index in [2.05, 4.69) is 23.8 Å². The van der Waals surface area contributed by atoms with Crippen LogP contribution in [0.25, 0.3) is 0 Å². The van der Waals surface area contributed by atoms with E-state index in [1.807, 2.05) is 24.3 Å². The minimum atomic E-state index is 0.184. The molecule has 0 aromatic heterocycles. The Bertz CT molecular complexity index is 444. The van der Waals surface area contributed by atoms with Gasteiger partial charge in [0.05, 0.1) is 13.7 Å². The van der Waals surface area contributed by atoms with Crippen molar-refractivity contribution in [3.63, 3.8) is 0 Å².